The molecule has 2 aromatic heterocycles. The highest BCUT2D eigenvalue weighted by molar-refractivity contribution is 7.26. The summed E-state index contributed by atoms with van der Waals surface area (Å²) in [6.07, 6.45) is -0.396. The summed E-state index contributed by atoms with van der Waals surface area (Å²) >= 11 is 3.73. The molecule has 3 nitrogen and oxygen atoms in total. The van der Waals surface area contributed by atoms with E-state index < -0.39 is 0 Å². The van der Waals surface area contributed by atoms with Crippen LogP contribution in [0.25, 0.3) is 62.6 Å². The minimum absolute atomic E-state index is 0.0890. The van der Waals surface area contributed by atoms with E-state index in [9.17, 15) is 0 Å². The molecule has 2 atom stereocenters. The summed E-state index contributed by atoms with van der Waals surface area (Å²) in [4.78, 5) is 5.49. The van der Waals surface area contributed by atoms with Crippen LogP contribution in [0.1, 0.15) is 54.0 Å². The van der Waals surface area contributed by atoms with Gasteiger partial charge in [-0.3, -0.25) is 5.32 Å². The van der Waals surface area contributed by atoms with Crippen LogP contribution in [0.15, 0.2) is 157 Å². The number of hydrogen-bond acceptors (Lipinski definition) is 5. The fourth-order valence-electron chi connectivity index (χ4n) is 8.70. The second kappa shape index (κ2) is 11.7. The molecule has 0 bridgehead atoms. The van der Waals surface area contributed by atoms with Crippen molar-refractivity contribution in [1.82, 2.24) is 10.6 Å². The second-order valence-electron chi connectivity index (χ2n) is 14.8. The lowest BCUT2D eigenvalue weighted by Gasteiger charge is -2.33. The molecule has 0 radical (unpaired) electrons. The van der Waals surface area contributed by atoms with Gasteiger partial charge in [-0.2, -0.15) is 0 Å². The highest BCUT2D eigenvalue weighted by atomic mass is 32.1. The highest BCUT2D eigenvalue weighted by Crippen LogP contribution is 2.49. The maximum Gasteiger partial charge on any atom is 0.133 e. The zero-order chi connectivity index (χ0) is 35.3. The quantitative estimate of drug-likeness (QED) is 0.190. The number of rotatable bonds is 4. The predicted molar refractivity (Wildman–Crippen MR) is 226 cm³/mol. The van der Waals surface area contributed by atoms with E-state index in [4.69, 9.17) is 4.99 Å². The lowest BCUT2D eigenvalue weighted by molar-refractivity contribution is 0.409. The molecule has 7 aromatic carbocycles. The van der Waals surface area contributed by atoms with Gasteiger partial charge in [0.05, 0.1) is 0 Å². The third kappa shape index (κ3) is 4.78. The van der Waals surface area contributed by atoms with Crippen molar-refractivity contribution in [3.05, 3.63) is 179 Å². The molecule has 9 aromatic rings. The Morgan fingerprint density at radius 1 is 0.509 bits per heavy atom. The number of hydrogen-bond donors (Lipinski definition) is 2. The van der Waals surface area contributed by atoms with Crippen molar-refractivity contribution in [3.8, 4) is 22.3 Å². The normalized spacial score (nSPS) is 17.6. The molecule has 1 aliphatic heterocycles. The van der Waals surface area contributed by atoms with Gasteiger partial charge < -0.3 is 5.32 Å². The zero-order valence-electron chi connectivity index (χ0n) is 29.4. The lowest BCUT2D eigenvalue weighted by Crippen LogP contribution is -2.45. The van der Waals surface area contributed by atoms with E-state index >= 15 is 0 Å². The molecule has 0 amide bonds. The van der Waals surface area contributed by atoms with Crippen LogP contribution >= 0.6 is 22.7 Å². The Morgan fingerprint density at radius 2 is 1.15 bits per heavy atom. The van der Waals surface area contributed by atoms with Crippen LogP contribution in [0.4, 0.5) is 0 Å². The Hall–Kier alpha value is -5.59. The molecule has 0 saturated heterocycles. The standard InChI is InChI=1S/C48H35N3S2/c1-48(2)39-20-8-6-14-32(39)33-24-22-29(26-40(33)48)45-49-46(51-47(50-45)38-19-11-18-36-34-15-7-9-21-41(34)52-44(36)38)30-23-25-35-37-17-10-16-31(28-12-4-3-5-13-28)43(37)53-42(35)27-30/h3-27,45-46,49H,1-2H3,(H,50,51). The molecule has 1 aliphatic carbocycles. The zero-order valence-corrected chi connectivity index (χ0v) is 31.0. The summed E-state index contributed by atoms with van der Waals surface area (Å²) in [6.45, 7) is 4.70. The largest absolute Gasteiger partial charge is 0.350 e. The number of amidine groups is 1. The number of nitrogens with one attached hydrogen (secondary N) is 2. The van der Waals surface area contributed by atoms with Crippen LogP contribution in [0.5, 0.6) is 0 Å². The van der Waals surface area contributed by atoms with E-state index in [1.54, 1.807) is 0 Å². The molecule has 2 N–H and O–H groups in total. The van der Waals surface area contributed by atoms with Crippen molar-refractivity contribution in [2.24, 2.45) is 4.99 Å². The van der Waals surface area contributed by atoms with Gasteiger partial charge in [0.2, 0.25) is 0 Å². The van der Waals surface area contributed by atoms with Gasteiger partial charge in [0, 0.05) is 51.3 Å². The predicted octanol–water partition coefficient (Wildman–Crippen LogP) is 12.7. The molecular weight excluding hydrogens is 683 g/mol. The number of benzene rings is 7. The average Bonchev–Trinajstić information content (AvgIpc) is 3.85. The second-order valence-corrected chi connectivity index (χ2v) is 16.9. The van der Waals surface area contributed by atoms with E-state index in [0.29, 0.717) is 0 Å². The molecule has 2 aliphatic rings. The summed E-state index contributed by atoms with van der Waals surface area (Å²) < 4.78 is 5.17. The first kappa shape index (κ1) is 31.0. The van der Waals surface area contributed by atoms with Crippen LogP contribution in [0.3, 0.4) is 0 Å². The van der Waals surface area contributed by atoms with Crippen LogP contribution in [0.2, 0.25) is 0 Å². The summed E-state index contributed by atoms with van der Waals surface area (Å²) in [6, 6.07) is 55.6. The monoisotopic (exact) mass is 717 g/mol. The fraction of sp³-hybridized carbons (Fsp3) is 0.104. The minimum atomic E-state index is -0.242. The Kier molecular flexibility index (Phi) is 6.84. The van der Waals surface area contributed by atoms with Crippen molar-refractivity contribution in [3.63, 3.8) is 0 Å². The van der Waals surface area contributed by atoms with Gasteiger partial charge in [0.15, 0.2) is 0 Å². The lowest BCUT2D eigenvalue weighted by atomic mass is 9.82. The summed E-state index contributed by atoms with van der Waals surface area (Å²) in [5.41, 5.74) is 11.4. The van der Waals surface area contributed by atoms with Gasteiger partial charge in [-0.1, -0.05) is 147 Å². The van der Waals surface area contributed by atoms with Gasteiger partial charge in [-0.15, -0.1) is 22.7 Å². The molecule has 0 spiro atoms. The topological polar surface area (TPSA) is 36.4 Å². The Bertz CT molecular complexity index is 2950. The van der Waals surface area contributed by atoms with E-state index in [1.165, 1.54) is 84.9 Å². The van der Waals surface area contributed by atoms with Crippen molar-refractivity contribution >= 4 is 68.9 Å². The Balaban J connectivity index is 1.05. The maximum atomic E-state index is 5.49. The van der Waals surface area contributed by atoms with E-state index in [-0.39, 0.29) is 17.7 Å². The maximum absolute atomic E-state index is 5.49. The highest BCUT2D eigenvalue weighted by Gasteiger charge is 2.36. The van der Waals surface area contributed by atoms with E-state index in [2.05, 4.69) is 176 Å². The van der Waals surface area contributed by atoms with Crippen LogP contribution in [-0.4, -0.2) is 5.84 Å². The third-order valence-electron chi connectivity index (χ3n) is 11.4. The van der Waals surface area contributed by atoms with Crippen LogP contribution in [-0.2, 0) is 5.41 Å². The van der Waals surface area contributed by atoms with Crippen molar-refractivity contribution in [2.75, 3.05) is 0 Å². The Morgan fingerprint density at radius 3 is 2.02 bits per heavy atom. The van der Waals surface area contributed by atoms with Gasteiger partial charge in [0.25, 0.3) is 0 Å². The van der Waals surface area contributed by atoms with Crippen molar-refractivity contribution in [2.45, 2.75) is 31.6 Å². The molecule has 11 rings (SSSR count). The number of thiophene rings is 2. The minimum Gasteiger partial charge on any atom is -0.350 e. The van der Waals surface area contributed by atoms with Crippen molar-refractivity contribution in [1.29, 1.82) is 0 Å². The average molecular weight is 718 g/mol. The smallest absolute Gasteiger partial charge is 0.133 e. The molecule has 53 heavy (non-hydrogen) atoms. The summed E-state index contributed by atoms with van der Waals surface area (Å²) in [7, 11) is 0. The van der Waals surface area contributed by atoms with Gasteiger partial charge in [0.1, 0.15) is 18.2 Å². The third-order valence-corrected chi connectivity index (χ3v) is 13.8. The van der Waals surface area contributed by atoms with Gasteiger partial charge in [-0.05, 0) is 62.7 Å². The molecular formula is C48H35N3S2. The first-order valence-corrected chi connectivity index (χ1v) is 19.9. The molecule has 5 heteroatoms. The van der Waals surface area contributed by atoms with E-state index in [0.717, 1.165) is 11.4 Å². The van der Waals surface area contributed by atoms with Crippen LogP contribution in [0, 0.1) is 0 Å². The molecule has 254 valence electrons. The first-order chi connectivity index (χ1) is 26.0. The van der Waals surface area contributed by atoms with Gasteiger partial charge >= 0.3 is 0 Å². The number of aliphatic imine (C=N–C) groups is 1. The fourth-order valence-corrected chi connectivity index (χ4v) is 11.2. The summed E-state index contributed by atoms with van der Waals surface area (Å²) in [5.74, 6) is 0.918. The molecule has 0 saturated carbocycles. The Labute approximate surface area is 316 Å². The van der Waals surface area contributed by atoms with Crippen molar-refractivity contribution < 1.29 is 0 Å². The van der Waals surface area contributed by atoms with E-state index in [1.807, 2.05) is 22.7 Å². The molecule has 2 unspecified atom stereocenters. The number of fused-ring (bicyclic) bond motifs is 9. The van der Waals surface area contributed by atoms with Gasteiger partial charge in [-0.25, -0.2) is 4.99 Å². The summed E-state index contributed by atoms with van der Waals surface area (Å²) in [5, 5.41) is 13.0. The van der Waals surface area contributed by atoms with Crippen LogP contribution < -0.4 is 10.6 Å². The molecule has 3 heterocycles. The first-order valence-electron chi connectivity index (χ1n) is 18.3. The SMILES string of the molecule is CC1(C)c2ccccc2-c2ccc(C3N=C(c4cccc5c4sc4ccccc45)NC(c4ccc5c(c4)sc4c(-c6ccccc6)cccc45)N3)cc21. The molecule has 0 fully saturated rings. The number of nitrogens with zero attached hydrogens (tertiary/aromatic N) is 1.